The van der Waals surface area contributed by atoms with Gasteiger partial charge in [0.2, 0.25) is 5.91 Å². The summed E-state index contributed by atoms with van der Waals surface area (Å²) in [5.74, 6) is -1.45. The van der Waals surface area contributed by atoms with Gasteiger partial charge in [0.05, 0.1) is 22.7 Å². The Hall–Kier alpha value is -4.63. The van der Waals surface area contributed by atoms with Crippen LogP contribution in [0, 0.1) is 22.7 Å². The van der Waals surface area contributed by atoms with Gasteiger partial charge >= 0.3 is 5.97 Å². The number of hydrogen-bond donors (Lipinski definition) is 3. The van der Waals surface area contributed by atoms with E-state index >= 15 is 0 Å². The number of hydrogen-bond acceptors (Lipinski definition) is 7. The van der Waals surface area contributed by atoms with Gasteiger partial charge in [0.15, 0.2) is 11.6 Å². The molecule has 3 rings (SSSR count). The molecule has 2 aromatic carbocycles. The summed E-state index contributed by atoms with van der Waals surface area (Å²) in [6.45, 7) is -0.514. The molecule has 3 aromatic rings. The summed E-state index contributed by atoms with van der Waals surface area (Å²) in [5.41, 5.74) is 1.81. The normalized spacial score (nSPS) is 11.1. The second kappa shape index (κ2) is 9.04. The number of nitriles is 2. The number of nitrogens with one attached hydrogen (secondary N) is 2. The first-order valence-electron chi connectivity index (χ1n) is 8.73. The molecular formula is C21H15N5O4. The molecule has 148 valence electrons. The summed E-state index contributed by atoms with van der Waals surface area (Å²) in [7, 11) is 0. The van der Waals surface area contributed by atoms with Gasteiger partial charge in [-0.2, -0.15) is 10.5 Å². The molecule has 0 saturated carbocycles. The minimum absolute atomic E-state index is 0.130. The maximum absolute atomic E-state index is 12.2. The van der Waals surface area contributed by atoms with Crippen molar-refractivity contribution < 1.29 is 19.4 Å². The summed E-state index contributed by atoms with van der Waals surface area (Å²) >= 11 is 0. The number of aromatic amines is 1. The number of allylic oxidation sites excluding steroid dienone is 1. The van der Waals surface area contributed by atoms with Crippen molar-refractivity contribution in [2.45, 2.75) is 6.42 Å². The average Bonchev–Trinajstić information content (AvgIpc) is 3.17. The van der Waals surface area contributed by atoms with Gasteiger partial charge in [0, 0.05) is 5.69 Å². The number of aliphatic hydroxyl groups excluding tert-OH is 1. The fraction of sp³-hybridized carbons (Fsp3) is 0.0952. The SMILES string of the molecule is N#CCC(=O)Nc1ccc(C(=O)OC/C(O)=C(\C#N)c2nc3ccccc3[nH]2)cc1. The highest BCUT2D eigenvalue weighted by molar-refractivity contribution is 5.94. The third-order valence-corrected chi connectivity index (χ3v) is 4.01. The molecule has 0 bridgehead atoms. The summed E-state index contributed by atoms with van der Waals surface area (Å²) < 4.78 is 5.06. The zero-order valence-corrected chi connectivity index (χ0v) is 15.5. The van der Waals surface area contributed by atoms with Crippen molar-refractivity contribution in [2.75, 3.05) is 11.9 Å². The van der Waals surface area contributed by atoms with Crippen LogP contribution in [-0.4, -0.2) is 33.6 Å². The molecule has 1 aromatic heterocycles. The Morgan fingerprint density at radius 3 is 2.53 bits per heavy atom. The van der Waals surface area contributed by atoms with Gasteiger partial charge in [0.1, 0.15) is 24.7 Å². The largest absolute Gasteiger partial charge is 0.507 e. The van der Waals surface area contributed by atoms with Crippen LogP contribution in [0.5, 0.6) is 0 Å². The van der Waals surface area contributed by atoms with Crippen LogP contribution in [0.25, 0.3) is 16.6 Å². The molecule has 30 heavy (non-hydrogen) atoms. The smallest absolute Gasteiger partial charge is 0.338 e. The van der Waals surface area contributed by atoms with Crippen molar-refractivity contribution in [3.8, 4) is 12.1 Å². The lowest BCUT2D eigenvalue weighted by atomic mass is 10.2. The monoisotopic (exact) mass is 401 g/mol. The molecule has 0 atom stereocenters. The standard InChI is InChI=1S/C21H15N5O4/c22-10-9-19(28)24-14-7-5-13(6-8-14)21(29)30-12-18(27)15(11-23)20-25-16-3-1-2-4-17(16)26-20/h1-8,27H,9,12H2,(H,24,28)(H,25,26)/b18-15-. The molecule has 0 aliphatic rings. The molecule has 0 aliphatic carbocycles. The van der Waals surface area contributed by atoms with Crippen LogP contribution in [0.1, 0.15) is 22.6 Å². The number of aliphatic hydroxyl groups is 1. The van der Waals surface area contributed by atoms with Gasteiger partial charge < -0.3 is 20.1 Å². The fourth-order valence-corrected chi connectivity index (χ4v) is 2.58. The molecule has 0 saturated heterocycles. The van der Waals surface area contributed by atoms with E-state index in [4.69, 9.17) is 10.00 Å². The minimum Gasteiger partial charge on any atom is -0.507 e. The van der Waals surface area contributed by atoms with Gasteiger partial charge in [-0.25, -0.2) is 9.78 Å². The minimum atomic E-state index is -0.724. The molecule has 0 radical (unpaired) electrons. The van der Waals surface area contributed by atoms with Gasteiger partial charge in [-0.1, -0.05) is 12.1 Å². The summed E-state index contributed by atoms with van der Waals surface area (Å²) in [4.78, 5) is 30.7. The Balaban J connectivity index is 1.67. The van der Waals surface area contributed by atoms with Crippen LogP contribution in [0.4, 0.5) is 5.69 Å². The summed E-state index contributed by atoms with van der Waals surface area (Å²) in [5, 5.41) is 30.6. The number of aromatic nitrogens is 2. The van der Waals surface area contributed by atoms with E-state index < -0.39 is 24.2 Å². The van der Waals surface area contributed by atoms with Crippen LogP contribution in [0.15, 0.2) is 54.3 Å². The van der Waals surface area contributed by atoms with Crippen molar-refractivity contribution >= 4 is 34.2 Å². The Bertz CT molecular complexity index is 1180. The number of ether oxygens (including phenoxy) is 1. The molecule has 1 amide bonds. The molecule has 9 heteroatoms. The lowest BCUT2D eigenvalue weighted by Crippen LogP contribution is -2.11. The third-order valence-electron chi connectivity index (χ3n) is 4.01. The zero-order valence-electron chi connectivity index (χ0n) is 15.5. The van der Waals surface area contributed by atoms with Crippen LogP contribution < -0.4 is 5.32 Å². The number of esters is 1. The van der Waals surface area contributed by atoms with Gasteiger partial charge in [-0.05, 0) is 36.4 Å². The molecule has 0 fully saturated rings. The van der Waals surface area contributed by atoms with Crippen molar-refractivity contribution in [3.63, 3.8) is 0 Å². The van der Waals surface area contributed by atoms with Crippen LogP contribution >= 0.6 is 0 Å². The van der Waals surface area contributed by atoms with Gasteiger partial charge in [-0.15, -0.1) is 0 Å². The van der Waals surface area contributed by atoms with E-state index in [9.17, 15) is 20.0 Å². The predicted octanol–water partition coefficient (Wildman–Crippen LogP) is 3.06. The van der Waals surface area contributed by atoms with Crippen LogP contribution in [0.3, 0.4) is 0 Å². The molecule has 0 spiro atoms. The maximum atomic E-state index is 12.2. The number of rotatable bonds is 6. The molecule has 0 aliphatic heterocycles. The second-order valence-corrected chi connectivity index (χ2v) is 6.07. The number of H-pyrrole nitrogens is 1. The van der Waals surface area contributed by atoms with Crippen molar-refractivity contribution in [1.82, 2.24) is 9.97 Å². The molecule has 0 unspecified atom stereocenters. The van der Waals surface area contributed by atoms with Crippen molar-refractivity contribution in [1.29, 1.82) is 10.5 Å². The Kier molecular flexibility index (Phi) is 6.06. The Labute approximate surface area is 170 Å². The van der Waals surface area contributed by atoms with E-state index in [0.717, 1.165) is 0 Å². The van der Waals surface area contributed by atoms with E-state index in [2.05, 4.69) is 15.3 Å². The first kappa shape index (κ1) is 20.1. The maximum Gasteiger partial charge on any atom is 0.338 e. The van der Waals surface area contributed by atoms with E-state index in [1.165, 1.54) is 24.3 Å². The van der Waals surface area contributed by atoms with Crippen LogP contribution in [0.2, 0.25) is 0 Å². The Morgan fingerprint density at radius 1 is 1.13 bits per heavy atom. The number of imidazole rings is 1. The highest BCUT2D eigenvalue weighted by atomic mass is 16.5. The number of benzene rings is 2. The molecular weight excluding hydrogens is 386 g/mol. The van der Waals surface area contributed by atoms with Gasteiger partial charge in [0.25, 0.3) is 0 Å². The van der Waals surface area contributed by atoms with Crippen molar-refractivity contribution in [2.24, 2.45) is 0 Å². The number of fused-ring (bicyclic) bond motifs is 1. The average molecular weight is 401 g/mol. The van der Waals surface area contributed by atoms with Crippen LogP contribution in [-0.2, 0) is 9.53 Å². The van der Waals surface area contributed by atoms with E-state index in [0.29, 0.717) is 16.7 Å². The predicted molar refractivity (Wildman–Crippen MR) is 107 cm³/mol. The zero-order chi connectivity index (χ0) is 21.5. The fourth-order valence-electron chi connectivity index (χ4n) is 2.58. The lowest BCUT2D eigenvalue weighted by Gasteiger charge is -2.07. The quantitative estimate of drug-likeness (QED) is 0.326. The Morgan fingerprint density at radius 2 is 1.87 bits per heavy atom. The van der Waals surface area contributed by atoms with E-state index in [1.54, 1.807) is 24.3 Å². The topological polar surface area (TPSA) is 152 Å². The first-order valence-corrected chi connectivity index (χ1v) is 8.73. The molecule has 9 nitrogen and oxygen atoms in total. The third kappa shape index (κ3) is 4.61. The number of carbonyl (C=O) groups is 2. The summed E-state index contributed by atoms with van der Waals surface area (Å²) in [6.07, 6.45) is -0.276. The van der Waals surface area contributed by atoms with E-state index in [1.807, 2.05) is 12.1 Å². The van der Waals surface area contributed by atoms with Gasteiger partial charge in [-0.3, -0.25) is 4.79 Å². The molecule has 3 N–H and O–H groups in total. The number of nitrogens with zero attached hydrogens (tertiary/aromatic N) is 3. The summed E-state index contributed by atoms with van der Waals surface area (Å²) in [6, 6.07) is 16.6. The highest BCUT2D eigenvalue weighted by Gasteiger charge is 2.15. The number of amides is 1. The molecule has 1 heterocycles. The van der Waals surface area contributed by atoms with E-state index in [-0.39, 0.29) is 23.4 Å². The van der Waals surface area contributed by atoms with Crippen molar-refractivity contribution in [3.05, 3.63) is 65.7 Å². The second-order valence-electron chi connectivity index (χ2n) is 6.07. The number of carbonyl (C=O) groups excluding carboxylic acids is 2. The first-order chi connectivity index (χ1) is 14.5. The number of anilines is 1. The highest BCUT2D eigenvalue weighted by Crippen LogP contribution is 2.19. The number of para-hydroxylation sites is 2. The lowest BCUT2D eigenvalue weighted by molar-refractivity contribution is -0.115.